The lowest BCUT2D eigenvalue weighted by Crippen LogP contribution is -2.21. The van der Waals surface area contributed by atoms with Crippen LogP contribution in [0.25, 0.3) is 0 Å². The maximum absolute atomic E-state index is 11.0. The fraction of sp³-hybridized carbons (Fsp3) is 0.700. The summed E-state index contributed by atoms with van der Waals surface area (Å²) in [6.07, 6.45) is 1.23. The molecule has 8 heteroatoms. The molecule has 0 radical (unpaired) electrons. The molecule has 0 bridgehead atoms. The highest BCUT2D eigenvalue weighted by molar-refractivity contribution is 7.90. The van der Waals surface area contributed by atoms with Gasteiger partial charge >= 0.3 is 0 Å². The lowest BCUT2D eigenvalue weighted by Gasteiger charge is -2.05. The van der Waals surface area contributed by atoms with Gasteiger partial charge in [0.1, 0.15) is 9.84 Å². The second kappa shape index (κ2) is 6.35. The Morgan fingerprint density at radius 3 is 2.61 bits per heavy atom. The van der Waals surface area contributed by atoms with Crippen LogP contribution in [0.4, 0.5) is 5.13 Å². The third-order valence-corrected chi connectivity index (χ3v) is 4.31. The molecule has 0 unspecified atom stereocenters. The molecule has 0 amide bonds. The molecule has 1 N–H and O–H groups in total. The summed E-state index contributed by atoms with van der Waals surface area (Å²) < 4.78 is 27.1. The van der Waals surface area contributed by atoms with Crippen molar-refractivity contribution in [2.24, 2.45) is 0 Å². The summed E-state index contributed by atoms with van der Waals surface area (Å²) >= 11 is 1.53. The fourth-order valence-corrected chi connectivity index (χ4v) is 2.68. The number of rotatable bonds is 7. The molecule has 6 nitrogen and oxygen atoms in total. The van der Waals surface area contributed by atoms with Gasteiger partial charge in [0.25, 0.3) is 0 Å². The SMILES string of the molecule is COc1nc(N(C)C)sc1CNCCS(C)(=O)=O. The normalized spacial score (nSPS) is 11.6. The summed E-state index contributed by atoms with van der Waals surface area (Å²) in [5.74, 6) is 0.727. The Hall–Kier alpha value is -0.860. The van der Waals surface area contributed by atoms with Crippen molar-refractivity contribution < 1.29 is 13.2 Å². The Labute approximate surface area is 112 Å². The Morgan fingerprint density at radius 1 is 1.44 bits per heavy atom. The van der Waals surface area contributed by atoms with Gasteiger partial charge in [-0.05, 0) is 0 Å². The first-order valence-corrected chi connectivity index (χ1v) is 8.30. The number of nitrogens with one attached hydrogen (secondary N) is 1. The van der Waals surface area contributed by atoms with Gasteiger partial charge in [0, 0.05) is 33.4 Å². The summed E-state index contributed by atoms with van der Waals surface area (Å²) in [6.45, 7) is 0.987. The zero-order valence-electron chi connectivity index (χ0n) is 11.1. The van der Waals surface area contributed by atoms with E-state index < -0.39 is 9.84 Å². The van der Waals surface area contributed by atoms with Crippen LogP contribution in [0.15, 0.2) is 0 Å². The van der Waals surface area contributed by atoms with Gasteiger partial charge in [0.05, 0.1) is 17.7 Å². The van der Waals surface area contributed by atoms with Crippen LogP contribution >= 0.6 is 11.3 Å². The molecule has 0 fully saturated rings. The highest BCUT2D eigenvalue weighted by atomic mass is 32.2. The van der Waals surface area contributed by atoms with Crippen LogP contribution in [-0.4, -0.2) is 53.2 Å². The van der Waals surface area contributed by atoms with Gasteiger partial charge < -0.3 is 15.0 Å². The molecule has 1 rings (SSSR count). The van der Waals surface area contributed by atoms with Gasteiger partial charge in [-0.1, -0.05) is 11.3 Å². The number of sulfone groups is 1. The minimum absolute atomic E-state index is 0.134. The molecule has 1 aromatic heterocycles. The highest BCUT2D eigenvalue weighted by Crippen LogP contribution is 2.29. The van der Waals surface area contributed by atoms with Crippen LogP contribution in [0.2, 0.25) is 0 Å². The first kappa shape index (κ1) is 15.2. The van der Waals surface area contributed by atoms with E-state index in [9.17, 15) is 8.42 Å². The van der Waals surface area contributed by atoms with Crippen molar-refractivity contribution in [3.63, 3.8) is 0 Å². The molecule has 0 spiro atoms. The topological polar surface area (TPSA) is 71.5 Å². The molecule has 1 heterocycles. The van der Waals surface area contributed by atoms with Crippen molar-refractivity contribution in [2.75, 3.05) is 44.7 Å². The maximum atomic E-state index is 11.0. The number of hydrogen-bond acceptors (Lipinski definition) is 7. The molecular weight excluding hydrogens is 274 g/mol. The summed E-state index contributed by atoms with van der Waals surface area (Å²) in [4.78, 5) is 7.20. The third kappa shape index (κ3) is 4.79. The van der Waals surface area contributed by atoms with Crippen LogP contribution < -0.4 is 15.0 Å². The molecule has 104 valence electrons. The average Bonchev–Trinajstić information content (AvgIpc) is 2.66. The van der Waals surface area contributed by atoms with Gasteiger partial charge in [-0.2, -0.15) is 4.98 Å². The summed E-state index contributed by atoms with van der Waals surface area (Å²) in [6, 6.07) is 0. The van der Waals surface area contributed by atoms with Gasteiger partial charge in [-0.25, -0.2) is 8.42 Å². The van der Waals surface area contributed by atoms with E-state index in [4.69, 9.17) is 4.74 Å². The van der Waals surface area contributed by atoms with Crippen molar-refractivity contribution >= 4 is 26.3 Å². The van der Waals surface area contributed by atoms with Gasteiger partial charge in [0.15, 0.2) is 5.13 Å². The number of aromatic nitrogens is 1. The molecule has 0 aliphatic rings. The minimum Gasteiger partial charge on any atom is -0.480 e. The number of thiazole rings is 1. The molecule has 0 atom stereocenters. The Morgan fingerprint density at radius 2 is 2.11 bits per heavy atom. The molecule has 1 aromatic rings. The van der Waals surface area contributed by atoms with Crippen molar-refractivity contribution in [2.45, 2.75) is 6.54 Å². The van der Waals surface area contributed by atoms with E-state index in [-0.39, 0.29) is 5.75 Å². The van der Waals surface area contributed by atoms with E-state index in [0.717, 1.165) is 10.0 Å². The lowest BCUT2D eigenvalue weighted by atomic mass is 10.5. The lowest BCUT2D eigenvalue weighted by molar-refractivity contribution is 0.395. The number of nitrogens with zero attached hydrogens (tertiary/aromatic N) is 2. The van der Waals surface area contributed by atoms with Crippen LogP contribution in [0, 0.1) is 0 Å². The number of hydrogen-bond donors (Lipinski definition) is 1. The standard InChI is InChI=1S/C10H19N3O3S2/c1-13(2)10-12-9(16-3)8(17-10)7-11-5-6-18(4,14)15/h11H,5-7H2,1-4H3. The molecule has 0 saturated heterocycles. The van der Waals surface area contributed by atoms with E-state index >= 15 is 0 Å². The zero-order chi connectivity index (χ0) is 13.8. The van der Waals surface area contributed by atoms with E-state index in [1.165, 1.54) is 17.6 Å². The minimum atomic E-state index is -2.92. The van der Waals surface area contributed by atoms with Gasteiger partial charge in [-0.3, -0.25) is 0 Å². The Bertz CT molecular complexity index is 483. The predicted octanol–water partition coefficient (Wildman–Crippen LogP) is 0.352. The van der Waals surface area contributed by atoms with Crippen LogP contribution in [-0.2, 0) is 16.4 Å². The Balaban J connectivity index is 2.56. The smallest absolute Gasteiger partial charge is 0.230 e. The largest absolute Gasteiger partial charge is 0.480 e. The summed E-state index contributed by atoms with van der Waals surface area (Å²) in [7, 11) is 2.49. The summed E-state index contributed by atoms with van der Waals surface area (Å²) in [5.41, 5.74) is 0. The first-order chi connectivity index (χ1) is 8.33. The van der Waals surface area contributed by atoms with E-state index in [2.05, 4.69) is 10.3 Å². The molecule has 0 aromatic carbocycles. The second-order valence-electron chi connectivity index (χ2n) is 4.13. The number of anilines is 1. The van der Waals surface area contributed by atoms with Crippen LogP contribution in [0.1, 0.15) is 4.88 Å². The van der Waals surface area contributed by atoms with E-state index in [1.807, 2.05) is 19.0 Å². The monoisotopic (exact) mass is 293 g/mol. The van der Waals surface area contributed by atoms with Crippen molar-refractivity contribution in [1.82, 2.24) is 10.3 Å². The number of methoxy groups -OCH3 is 1. The average molecular weight is 293 g/mol. The Kier molecular flexibility index (Phi) is 5.36. The maximum Gasteiger partial charge on any atom is 0.230 e. The van der Waals surface area contributed by atoms with Crippen LogP contribution in [0.3, 0.4) is 0 Å². The van der Waals surface area contributed by atoms with Crippen LogP contribution in [0.5, 0.6) is 5.88 Å². The van der Waals surface area contributed by atoms with Crippen molar-refractivity contribution in [3.8, 4) is 5.88 Å². The first-order valence-electron chi connectivity index (χ1n) is 5.43. The van der Waals surface area contributed by atoms with Gasteiger partial charge in [0.2, 0.25) is 5.88 Å². The molecule has 0 aliphatic carbocycles. The fourth-order valence-electron chi connectivity index (χ4n) is 1.25. The number of ether oxygens (including phenoxy) is 1. The predicted molar refractivity (Wildman–Crippen MR) is 74.4 cm³/mol. The van der Waals surface area contributed by atoms with Crippen molar-refractivity contribution in [1.29, 1.82) is 0 Å². The van der Waals surface area contributed by atoms with Gasteiger partial charge in [-0.15, -0.1) is 0 Å². The molecular formula is C10H19N3O3S2. The quantitative estimate of drug-likeness (QED) is 0.732. The third-order valence-electron chi connectivity index (χ3n) is 2.16. The second-order valence-corrected chi connectivity index (χ2v) is 7.45. The molecule has 0 aliphatic heterocycles. The van der Waals surface area contributed by atoms with E-state index in [0.29, 0.717) is 19.0 Å². The molecule has 18 heavy (non-hydrogen) atoms. The van der Waals surface area contributed by atoms with Crippen molar-refractivity contribution in [3.05, 3.63) is 4.88 Å². The zero-order valence-corrected chi connectivity index (χ0v) is 12.7. The molecule has 0 saturated carbocycles. The summed E-state index contributed by atoms with van der Waals surface area (Å²) in [5, 5.41) is 3.95. The highest BCUT2D eigenvalue weighted by Gasteiger charge is 2.12. The van der Waals surface area contributed by atoms with E-state index in [1.54, 1.807) is 7.11 Å².